The predicted octanol–water partition coefficient (Wildman–Crippen LogP) is -0.765. The van der Waals surface area contributed by atoms with Gasteiger partial charge in [0.05, 0.1) is 12.1 Å². The van der Waals surface area contributed by atoms with E-state index in [-0.39, 0.29) is 18.1 Å². The van der Waals surface area contributed by atoms with Gasteiger partial charge in [-0.2, -0.15) is 0 Å². The van der Waals surface area contributed by atoms with Crippen LogP contribution in [-0.2, 0) is 4.79 Å². The highest BCUT2D eigenvalue weighted by molar-refractivity contribution is 5.82. The van der Waals surface area contributed by atoms with Gasteiger partial charge in [-0.3, -0.25) is 4.79 Å². The van der Waals surface area contributed by atoms with E-state index in [0.29, 0.717) is 19.5 Å². The summed E-state index contributed by atoms with van der Waals surface area (Å²) in [4.78, 5) is 11.3. The average Bonchev–Trinajstić information content (AvgIpc) is 2.47. The van der Waals surface area contributed by atoms with E-state index in [4.69, 9.17) is 5.11 Å². The number of carbonyl (C=O) groups is 1. The molecule has 1 fully saturated rings. The van der Waals surface area contributed by atoms with Crippen LogP contribution < -0.4 is 10.6 Å². The van der Waals surface area contributed by atoms with Crippen LogP contribution in [0.3, 0.4) is 0 Å². The second-order valence-electron chi connectivity index (χ2n) is 3.14. The number of aliphatic hydroxyl groups excluding tert-OH is 1. The van der Waals surface area contributed by atoms with Gasteiger partial charge < -0.3 is 15.7 Å². The third-order valence-electron chi connectivity index (χ3n) is 1.97. The smallest absolute Gasteiger partial charge is 0.237 e. The highest BCUT2D eigenvalue weighted by Crippen LogP contribution is 2.05. The number of carbonyl (C=O) groups excluding carboxylic acids is 1. The van der Waals surface area contributed by atoms with Gasteiger partial charge in [0.25, 0.3) is 0 Å². The minimum absolute atomic E-state index is 0.00778. The summed E-state index contributed by atoms with van der Waals surface area (Å²) >= 11 is 0. The van der Waals surface area contributed by atoms with Crippen molar-refractivity contribution < 1.29 is 9.90 Å². The number of amides is 1. The van der Waals surface area contributed by atoms with E-state index >= 15 is 0 Å². The zero-order chi connectivity index (χ0) is 8.97. The Balaban J connectivity index is 2.23. The maximum atomic E-state index is 11.3. The summed E-state index contributed by atoms with van der Waals surface area (Å²) in [5, 5.41) is 14.9. The number of β-amino-alcohol motifs (C(OH)–C–C–N with tert-alkyl or cyclic N) is 1. The van der Waals surface area contributed by atoms with Gasteiger partial charge in [0.15, 0.2) is 0 Å². The van der Waals surface area contributed by atoms with Crippen LogP contribution in [0.2, 0.25) is 0 Å². The number of nitrogens with one attached hydrogen (secondary N) is 2. The molecule has 1 amide bonds. The summed E-state index contributed by atoms with van der Waals surface area (Å²) in [7, 11) is 0. The molecule has 0 aliphatic carbocycles. The molecular formula is C8H16N2O2. The van der Waals surface area contributed by atoms with Crippen LogP contribution in [0.15, 0.2) is 0 Å². The number of aliphatic hydroxyl groups is 1. The first-order chi connectivity index (χ1) is 5.74. The first-order valence-corrected chi connectivity index (χ1v) is 4.43. The maximum absolute atomic E-state index is 11.3. The fourth-order valence-electron chi connectivity index (χ4n) is 1.29. The third kappa shape index (κ3) is 2.46. The van der Waals surface area contributed by atoms with Gasteiger partial charge in [0.1, 0.15) is 0 Å². The first kappa shape index (κ1) is 9.48. The molecule has 70 valence electrons. The first-order valence-electron chi connectivity index (χ1n) is 4.43. The van der Waals surface area contributed by atoms with E-state index in [1.54, 1.807) is 0 Å². The third-order valence-corrected chi connectivity index (χ3v) is 1.97. The minimum atomic E-state index is -0.359. The molecule has 1 aliphatic heterocycles. The fraction of sp³-hybridized carbons (Fsp3) is 0.875. The van der Waals surface area contributed by atoms with Gasteiger partial charge in [-0.25, -0.2) is 0 Å². The van der Waals surface area contributed by atoms with Crippen molar-refractivity contribution in [1.29, 1.82) is 0 Å². The number of hydrogen-bond donors (Lipinski definition) is 3. The molecule has 4 heteroatoms. The molecular weight excluding hydrogens is 156 g/mol. The molecule has 2 unspecified atom stereocenters. The Kier molecular flexibility index (Phi) is 3.49. The maximum Gasteiger partial charge on any atom is 0.237 e. The molecule has 4 nitrogen and oxygen atoms in total. The summed E-state index contributed by atoms with van der Waals surface area (Å²) in [6.07, 6.45) is 1.12. The van der Waals surface area contributed by atoms with Crippen molar-refractivity contribution in [1.82, 2.24) is 10.6 Å². The predicted molar refractivity (Wildman–Crippen MR) is 45.7 cm³/mol. The highest BCUT2D eigenvalue weighted by atomic mass is 16.3. The lowest BCUT2D eigenvalue weighted by molar-refractivity contribution is -0.122. The molecule has 3 N–H and O–H groups in total. The SMILES string of the molecule is CCCNC(=O)C1CC(O)CN1. The zero-order valence-electron chi connectivity index (χ0n) is 7.34. The van der Waals surface area contributed by atoms with Crippen LogP contribution in [0.4, 0.5) is 0 Å². The molecule has 0 aromatic rings. The Morgan fingerprint density at radius 2 is 2.50 bits per heavy atom. The molecule has 0 aromatic heterocycles. The molecule has 1 rings (SSSR count). The minimum Gasteiger partial charge on any atom is -0.392 e. The molecule has 1 heterocycles. The van der Waals surface area contributed by atoms with Gasteiger partial charge >= 0.3 is 0 Å². The molecule has 0 aromatic carbocycles. The van der Waals surface area contributed by atoms with Crippen LogP contribution in [0.5, 0.6) is 0 Å². The van der Waals surface area contributed by atoms with Crippen molar-refractivity contribution in [3.8, 4) is 0 Å². The molecule has 0 radical (unpaired) electrons. The van der Waals surface area contributed by atoms with Gasteiger partial charge in [0, 0.05) is 13.1 Å². The van der Waals surface area contributed by atoms with E-state index in [1.807, 2.05) is 6.92 Å². The Hall–Kier alpha value is -0.610. The lowest BCUT2D eigenvalue weighted by Gasteiger charge is -2.09. The van der Waals surface area contributed by atoms with Crippen LogP contribution in [-0.4, -0.2) is 36.2 Å². The van der Waals surface area contributed by atoms with E-state index < -0.39 is 0 Å². The summed E-state index contributed by atoms with van der Waals surface area (Å²) in [5.74, 6) is 0.00778. The van der Waals surface area contributed by atoms with E-state index in [2.05, 4.69) is 10.6 Å². The van der Waals surface area contributed by atoms with Crippen molar-refractivity contribution in [2.45, 2.75) is 31.9 Å². The fourth-order valence-corrected chi connectivity index (χ4v) is 1.29. The molecule has 12 heavy (non-hydrogen) atoms. The van der Waals surface area contributed by atoms with Crippen LogP contribution in [0.1, 0.15) is 19.8 Å². The van der Waals surface area contributed by atoms with Crippen LogP contribution in [0, 0.1) is 0 Å². The van der Waals surface area contributed by atoms with Gasteiger partial charge in [0.2, 0.25) is 5.91 Å². The molecule has 0 saturated carbocycles. The standard InChI is InChI=1S/C8H16N2O2/c1-2-3-9-8(12)7-4-6(11)5-10-7/h6-7,10-11H,2-5H2,1H3,(H,9,12). The Morgan fingerprint density at radius 3 is 3.00 bits per heavy atom. The van der Waals surface area contributed by atoms with Crippen molar-refractivity contribution in [2.24, 2.45) is 0 Å². The highest BCUT2D eigenvalue weighted by Gasteiger charge is 2.27. The second kappa shape index (κ2) is 4.42. The molecule has 1 aliphatic rings. The van der Waals surface area contributed by atoms with Crippen molar-refractivity contribution >= 4 is 5.91 Å². The molecule has 2 atom stereocenters. The molecule has 1 saturated heterocycles. The van der Waals surface area contributed by atoms with Gasteiger partial charge in [-0.15, -0.1) is 0 Å². The summed E-state index contributed by atoms with van der Waals surface area (Å²) < 4.78 is 0. The van der Waals surface area contributed by atoms with Crippen LogP contribution in [0.25, 0.3) is 0 Å². The second-order valence-corrected chi connectivity index (χ2v) is 3.14. The lowest BCUT2D eigenvalue weighted by Crippen LogP contribution is -2.40. The van der Waals surface area contributed by atoms with Crippen molar-refractivity contribution in [3.63, 3.8) is 0 Å². The van der Waals surface area contributed by atoms with E-state index in [0.717, 1.165) is 6.42 Å². The van der Waals surface area contributed by atoms with E-state index in [9.17, 15) is 4.79 Å². The Morgan fingerprint density at radius 1 is 1.75 bits per heavy atom. The number of rotatable bonds is 3. The molecule has 0 bridgehead atoms. The summed E-state index contributed by atoms with van der Waals surface area (Å²) in [6.45, 7) is 3.26. The van der Waals surface area contributed by atoms with E-state index in [1.165, 1.54) is 0 Å². The van der Waals surface area contributed by atoms with Gasteiger partial charge in [-0.1, -0.05) is 6.92 Å². The van der Waals surface area contributed by atoms with Crippen LogP contribution >= 0.6 is 0 Å². The molecule has 0 spiro atoms. The topological polar surface area (TPSA) is 61.4 Å². The largest absolute Gasteiger partial charge is 0.392 e. The summed E-state index contributed by atoms with van der Waals surface area (Å²) in [6, 6.07) is -0.188. The van der Waals surface area contributed by atoms with Crippen molar-refractivity contribution in [3.05, 3.63) is 0 Å². The average molecular weight is 172 g/mol. The lowest BCUT2D eigenvalue weighted by atomic mass is 10.2. The normalized spacial score (nSPS) is 28.8. The monoisotopic (exact) mass is 172 g/mol. The number of hydrogen-bond acceptors (Lipinski definition) is 3. The van der Waals surface area contributed by atoms with Gasteiger partial charge in [-0.05, 0) is 12.8 Å². The Bertz CT molecular complexity index is 161. The quantitative estimate of drug-likeness (QED) is 0.524. The Labute approximate surface area is 72.3 Å². The zero-order valence-corrected chi connectivity index (χ0v) is 7.34. The summed E-state index contributed by atoms with van der Waals surface area (Å²) in [5.41, 5.74) is 0. The van der Waals surface area contributed by atoms with Crippen molar-refractivity contribution in [2.75, 3.05) is 13.1 Å².